The van der Waals surface area contributed by atoms with Crippen molar-refractivity contribution < 1.29 is 4.74 Å². The molecule has 1 fully saturated rings. The van der Waals surface area contributed by atoms with Crippen molar-refractivity contribution in [2.75, 3.05) is 26.2 Å². The van der Waals surface area contributed by atoms with Crippen molar-refractivity contribution in [3.8, 4) is 0 Å². The number of imidazole rings is 1. The van der Waals surface area contributed by atoms with Gasteiger partial charge in [-0.15, -0.1) is 0 Å². The Hall–Kier alpha value is -1.59. The van der Waals surface area contributed by atoms with Crippen molar-refractivity contribution in [3.05, 3.63) is 29.9 Å². The molecule has 1 N–H and O–H groups in total. The summed E-state index contributed by atoms with van der Waals surface area (Å²) in [5.41, 5.74) is 2.81. The van der Waals surface area contributed by atoms with E-state index in [9.17, 15) is 0 Å². The molecule has 0 spiro atoms. The predicted molar refractivity (Wildman–Crippen MR) is 115 cm³/mol. The normalized spacial score (nSPS) is 15.5. The van der Waals surface area contributed by atoms with E-state index in [1.54, 1.807) is 0 Å². The molecule has 0 saturated carbocycles. The van der Waals surface area contributed by atoms with Crippen LogP contribution in [-0.2, 0) is 18.0 Å². The van der Waals surface area contributed by atoms with Gasteiger partial charge >= 0.3 is 0 Å². The summed E-state index contributed by atoms with van der Waals surface area (Å²) in [6.07, 6.45) is 11.6. The lowest BCUT2D eigenvalue weighted by Crippen LogP contribution is -2.35. The summed E-state index contributed by atoms with van der Waals surface area (Å²) in [7, 11) is 0. The molecule has 5 heteroatoms. The number of likely N-dealkylation sites (tertiary alicyclic amines) is 1. The predicted octanol–water partition coefficient (Wildman–Crippen LogP) is 4.74. The maximum absolute atomic E-state index is 8.71. The van der Waals surface area contributed by atoms with Crippen LogP contribution in [0.2, 0.25) is 0 Å². The molecule has 0 radical (unpaired) electrons. The van der Waals surface area contributed by atoms with Crippen LogP contribution in [0.25, 0.3) is 11.0 Å². The van der Waals surface area contributed by atoms with E-state index in [2.05, 4.69) is 40.7 Å². The maximum atomic E-state index is 8.71. The number of unbranched alkanes of at least 4 members (excludes halogenated alkanes) is 5. The number of piperidine rings is 1. The number of benzene rings is 1. The van der Waals surface area contributed by atoms with E-state index in [-0.39, 0.29) is 0 Å². The minimum atomic E-state index is 0.477. The Morgan fingerprint density at radius 3 is 2.29 bits per heavy atom. The molecule has 3 rings (SSSR count). The number of para-hydroxylation sites is 2. The Morgan fingerprint density at radius 1 is 0.857 bits per heavy atom. The average molecular weight is 387 g/mol. The molecule has 0 unspecified atom stereocenters. The van der Waals surface area contributed by atoms with Crippen molar-refractivity contribution in [2.24, 2.45) is 0 Å². The molecule has 0 amide bonds. The number of ether oxygens (including phenoxy) is 1. The van der Waals surface area contributed by atoms with Gasteiger partial charge in [0.2, 0.25) is 5.62 Å². The van der Waals surface area contributed by atoms with Gasteiger partial charge in [0.15, 0.2) is 0 Å². The van der Waals surface area contributed by atoms with Gasteiger partial charge < -0.3 is 14.2 Å². The molecule has 5 nitrogen and oxygen atoms in total. The molecule has 2 aromatic rings. The standard InChI is InChI=1S/C23H38N4O/c1-2-3-4-5-6-12-19-28-20-27-22-14-9-8-13-21(22)26(23(27)24)18-17-25-15-10-7-11-16-25/h8-9,13-14,24H,2-7,10-12,15-20H2,1H3. The number of nitrogens with one attached hydrogen (secondary N) is 1. The summed E-state index contributed by atoms with van der Waals surface area (Å²) in [5.74, 6) is 0. The lowest BCUT2D eigenvalue weighted by atomic mass is 10.1. The first-order chi connectivity index (χ1) is 13.8. The lowest BCUT2D eigenvalue weighted by molar-refractivity contribution is 0.0728. The summed E-state index contributed by atoms with van der Waals surface area (Å²) in [5, 5.41) is 8.71. The first kappa shape index (κ1) is 21.1. The Labute approximate surface area is 169 Å². The van der Waals surface area contributed by atoms with Gasteiger partial charge in [0, 0.05) is 19.7 Å². The van der Waals surface area contributed by atoms with E-state index in [0.29, 0.717) is 12.3 Å². The SMILES string of the molecule is CCCCCCCCOCn1c(=N)n(CCN2CCCCC2)c2ccccc21. The molecule has 1 aromatic carbocycles. The number of hydrogen-bond acceptors (Lipinski definition) is 3. The van der Waals surface area contributed by atoms with E-state index >= 15 is 0 Å². The van der Waals surface area contributed by atoms with Crippen LogP contribution >= 0.6 is 0 Å². The molecule has 1 saturated heterocycles. The smallest absolute Gasteiger partial charge is 0.204 e. The number of rotatable bonds is 12. The van der Waals surface area contributed by atoms with Crippen LogP contribution in [0.5, 0.6) is 0 Å². The minimum absolute atomic E-state index is 0.477. The Balaban J connectivity index is 1.56. The van der Waals surface area contributed by atoms with Gasteiger partial charge in [-0.05, 0) is 44.5 Å². The quantitative estimate of drug-likeness (QED) is 0.535. The van der Waals surface area contributed by atoms with Crippen molar-refractivity contribution in [3.63, 3.8) is 0 Å². The second-order valence-corrected chi connectivity index (χ2v) is 8.10. The fourth-order valence-electron chi connectivity index (χ4n) is 4.22. The molecule has 1 aliphatic heterocycles. The zero-order chi connectivity index (χ0) is 19.6. The number of hydrogen-bond donors (Lipinski definition) is 1. The maximum Gasteiger partial charge on any atom is 0.204 e. The average Bonchev–Trinajstić information content (AvgIpc) is 3.00. The van der Waals surface area contributed by atoms with Crippen molar-refractivity contribution in [2.45, 2.75) is 78.0 Å². The topological polar surface area (TPSA) is 46.2 Å². The molecule has 1 aliphatic rings. The largest absolute Gasteiger partial charge is 0.361 e. The first-order valence-electron chi connectivity index (χ1n) is 11.3. The third-order valence-corrected chi connectivity index (χ3v) is 5.93. The molecule has 0 aliphatic carbocycles. The number of nitrogens with zero attached hydrogens (tertiary/aromatic N) is 3. The van der Waals surface area contributed by atoms with Crippen LogP contribution in [0.15, 0.2) is 24.3 Å². The fraction of sp³-hybridized carbons (Fsp3) is 0.696. The second-order valence-electron chi connectivity index (χ2n) is 8.10. The van der Waals surface area contributed by atoms with Crippen LogP contribution in [0.4, 0.5) is 0 Å². The number of fused-ring (bicyclic) bond motifs is 1. The molecular weight excluding hydrogens is 348 g/mol. The van der Waals surface area contributed by atoms with Crippen LogP contribution in [0.1, 0.15) is 64.7 Å². The van der Waals surface area contributed by atoms with Crippen molar-refractivity contribution >= 4 is 11.0 Å². The van der Waals surface area contributed by atoms with Gasteiger partial charge in [0.05, 0.1) is 11.0 Å². The van der Waals surface area contributed by atoms with Gasteiger partial charge in [-0.2, -0.15) is 0 Å². The fourth-order valence-corrected chi connectivity index (χ4v) is 4.22. The van der Waals surface area contributed by atoms with Crippen molar-refractivity contribution in [1.29, 1.82) is 5.41 Å². The van der Waals surface area contributed by atoms with Gasteiger partial charge in [-0.25, -0.2) is 0 Å². The van der Waals surface area contributed by atoms with E-state index in [0.717, 1.165) is 37.2 Å². The third-order valence-electron chi connectivity index (χ3n) is 5.93. The zero-order valence-electron chi connectivity index (χ0n) is 17.7. The van der Waals surface area contributed by atoms with E-state index in [4.69, 9.17) is 10.1 Å². The van der Waals surface area contributed by atoms with Gasteiger partial charge in [0.1, 0.15) is 6.73 Å². The van der Waals surface area contributed by atoms with Gasteiger partial charge in [-0.3, -0.25) is 9.98 Å². The van der Waals surface area contributed by atoms with E-state index in [1.807, 2.05) is 4.57 Å². The first-order valence-corrected chi connectivity index (χ1v) is 11.3. The Kier molecular flexibility index (Phi) is 8.62. The number of aromatic nitrogens is 2. The van der Waals surface area contributed by atoms with Gasteiger partial charge in [0.25, 0.3) is 0 Å². The summed E-state index contributed by atoms with van der Waals surface area (Å²) < 4.78 is 10.1. The zero-order valence-corrected chi connectivity index (χ0v) is 17.7. The van der Waals surface area contributed by atoms with Crippen molar-refractivity contribution in [1.82, 2.24) is 14.0 Å². The molecular formula is C23H38N4O. The Morgan fingerprint density at radius 2 is 1.54 bits per heavy atom. The summed E-state index contributed by atoms with van der Waals surface area (Å²) in [4.78, 5) is 2.54. The molecule has 1 aromatic heterocycles. The van der Waals surface area contributed by atoms with Crippen LogP contribution in [-0.4, -0.2) is 40.3 Å². The summed E-state index contributed by atoms with van der Waals surface area (Å²) in [6, 6.07) is 8.37. The monoisotopic (exact) mass is 386 g/mol. The highest BCUT2D eigenvalue weighted by Gasteiger charge is 2.13. The highest BCUT2D eigenvalue weighted by atomic mass is 16.5. The highest BCUT2D eigenvalue weighted by Crippen LogP contribution is 2.14. The second kappa shape index (κ2) is 11.4. The lowest BCUT2D eigenvalue weighted by Gasteiger charge is -2.26. The molecule has 28 heavy (non-hydrogen) atoms. The van der Waals surface area contributed by atoms with E-state index in [1.165, 1.54) is 64.5 Å². The van der Waals surface area contributed by atoms with Gasteiger partial charge in [-0.1, -0.05) is 57.6 Å². The molecule has 0 bridgehead atoms. The molecule has 2 heterocycles. The Bertz CT molecular complexity index is 758. The summed E-state index contributed by atoms with van der Waals surface area (Å²) in [6.45, 7) is 7.83. The van der Waals surface area contributed by atoms with Crippen LogP contribution in [0, 0.1) is 5.41 Å². The van der Waals surface area contributed by atoms with Crippen LogP contribution in [0.3, 0.4) is 0 Å². The molecule has 0 atom stereocenters. The summed E-state index contributed by atoms with van der Waals surface area (Å²) >= 11 is 0. The van der Waals surface area contributed by atoms with E-state index < -0.39 is 0 Å². The minimum Gasteiger partial charge on any atom is -0.361 e. The third kappa shape index (κ3) is 5.71. The van der Waals surface area contributed by atoms with Crippen LogP contribution < -0.4 is 5.62 Å². The highest BCUT2D eigenvalue weighted by molar-refractivity contribution is 5.75. The molecule has 156 valence electrons.